The first kappa shape index (κ1) is 28.1. The number of aliphatic hydroxyl groups is 1. The molecule has 1 fully saturated rings. The van der Waals surface area contributed by atoms with E-state index >= 15 is 0 Å². The summed E-state index contributed by atoms with van der Waals surface area (Å²) in [7, 11) is 0. The van der Waals surface area contributed by atoms with Crippen LogP contribution in [0.1, 0.15) is 29.3 Å². The molecular formula is C24H24N4O9S. The number of hydrogen-bond acceptors (Lipinski definition) is 9. The van der Waals surface area contributed by atoms with Gasteiger partial charge in [0, 0.05) is 25.6 Å². The van der Waals surface area contributed by atoms with E-state index < -0.39 is 51.6 Å². The second kappa shape index (κ2) is 12.2. The Morgan fingerprint density at radius 3 is 2.47 bits per heavy atom. The maximum atomic E-state index is 13.3. The first-order chi connectivity index (χ1) is 18.0. The average molecular weight is 545 g/mol. The van der Waals surface area contributed by atoms with Gasteiger partial charge >= 0.3 is 11.9 Å². The van der Waals surface area contributed by atoms with Gasteiger partial charge in [0.05, 0.1) is 22.2 Å². The number of nitrogens with zero attached hydrogens (tertiary/aromatic N) is 2. The van der Waals surface area contributed by atoms with Crippen LogP contribution in [0.5, 0.6) is 0 Å². The van der Waals surface area contributed by atoms with E-state index in [0.29, 0.717) is 5.56 Å². The van der Waals surface area contributed by atoms with Gasteiger partial charge < -0.3 is 20.3 Å². The number of carbonyl (C=O) groups is 4. The van der Waals surface area contributed by atoms with Crippen molar-refractivity contribution >= 4 is 52.4 Å². The van der Waals surface area contributed by atoms with Crippen molar-refractivity contribution in [2.24, 2.45) is 11.8 Å². The molecule has 0 aromatic heterocycles. The number of nitrogens with one attached hydrogen (secondary N) is 2. The zero-order valence-corrected chi connectivity index (χ0v) is 20.8. The Balaban J connectivity index is 1.70. The number of hydrazine groups is 1. The lowest BCUT2D eigenvalue weighted by Crippen LogP contribution is -2.52. The molecule has 2 aromatic rings. The number of nitro groups is 1. The fourth-order valence-electron chi connectivity index (χ4n) is 4.00. The Labute approximate surface area is 221 Å². The number of non-ortho nitro benzene ring substituents is 1. The molecule has 1 heterocycles. The fraction of sp³-hybridized carbons (Fsp3) is 0.292. The van der Waals surface area contributed by atoms with E-state index in [1.807, 2.05) is 0 Å². The van der Waals surface area contributed by atoms with E-state index in [4.69, 9.17) is 17.0 Å². The number of anilines is 1. The number of nitro benzene ring substituents is 1. The molecule has 0 aliphatic carbocycles. The number of aromatic carboxylic acids is 1. The quantitative estimate of drug-likeness (QED) is 0.156. The van der Waals surface area contributed by atoms with Gasteiger partial charge in [0.1, 0.15) is 12.5 Å². The zero-order chi connectivity index (χ0) is 28.0. The number of carbonyl (C=O) groups excluding carboxylic acids is 3. The number of carboxylic acids is 1. The van der Waals surface area contributed by atoms with Crippen LogP contribution in [-0.4, -0.2) is 56.5 Å². The summed E-state index contributed by atoms with van der Waals surface area (Å²) in [6.07, 6.45) is 0.0472. The second-order valence-corrected chi connectivity index (χ2v) is 8.92. The molecule has 0 saturated carbocycles. The maximum Gasteiger partial charge on any atom is 0.335 e. The van der Waals surface area contributed by atoms with Crippen molar-refractivity contribution in [3.05, 3.63) is 69.8 Å². The average Bonchev–Trinajstić information content (AvgIpc) is 3.35. The van der Waals surface area contributed by atoms with Crippen molar-refractivity contribution in [3.63, 3.8) is 0 Å². The summed E-state index contributed by atoms with van der Waals surface area (Å²) in [6.45, 7) is 1.08. The van der Waals surface area contributed by atoms with Crippen LogP contribution in [0.25, 0.3) is 0 Å². The molecule has 13 nitrogen and oxygen atoms in total. The Kier molecular flexibility index (Phi) is 9.04. The third-order valence-corrected chi connectivity index (χ3v) is 6.08. The minimum absolute atomic E-state index is 0.0472. The lowest BCUT2D eigenvalue weighted by molar-refractivity contribution is -0.384. The number of rotatable bonds is 9. The SMILES string of the molecule is CC(=O)NN(C(=O)C1CC(C(C(=O)OCc2ccc([N+](=O)[O-])cc2)C(O)=S)CN1)c1cccc(C(=O)O)c1. The van der Waals surface area contributed by atoms with Gasteiger partial charge in [-0.1, -0.05) is 6.07 Å². The van der Waals surface area contributed by atoms with Crippen LogP contribution < -0.4 is 15.8 Å². The third-order valence-electron chi connectivity index (χ3n) is 5.82. The van der Waals surface area contributed by atoms with Crippen molar-refractivity contribution in [3.8, 4) is 0 Å². The number of aliphatic hydroxyl groups excluding tert-OH is 1. The number of thiocarbonyl (C=S) groups is 1. The number of amides is 2. The highest BCUT2D eigenvalue weighted by Gasteiger charge is 2.42. The van der Waals surface area contributed by atoms with E-state index in [1.54, 1.807) is 0 Å². The van der Waals surface area contributed by atoms with Gasteiger partial charge in [-0.2, -0.15) is 0 Å². The van der Waals surface area contributed by atoms with Crippen LogP contribution in [0.3, 0.4) is 0 Å². The molecule has 4 N–H and O–H groups in total. The van der Waals surface area contributed by atoms with Gasteiger partial charge in [-0.05, 0) is 60.5 Å². The molecule has 3 atom stereocenters. The smallest absolute Gasteiger partial charge is 0.335 e. The summed E-state index contributed by atoms with van der Waals surface area (Å²) in [5.74, 6) is -5.10. The first-order valence-electron chi connectivity index (χ1n) is 11.3. The van der Waals surface area contributed by atoms with Crippen molar-refractivity contribution in [1.29, 1.82) is 0 Å². The van der Waals surface area contributed by atoms with Crippen LogP contribution in [0.2, 0.25) is 0 Å². The summed E-state index contributed by atoms with van der Waals surface area (Å²) in [6, 6.07) is 9.92. The Morgan fingerprint density at radius 2 is 1.89 bits per heavy atom. The largest absolute Gasteiger partial charge is 0.501 e. The summed E-state index contributed by atoms with van der Waals surface area (Å²) in [4.78, 5) is 59.4. The van der Waals surface area contributed by atoms with Gasteiger partial charge in [-0.15, -0.1) is 0 Å². The molecule has 2 amide bonds. The highest BCUT2D eigenvalue weighted by molar-refractivity contribution is 7.80. The van der Waals surface area contributed by atoms with Crippen LogP contribution in [0.15, 0.2) is 48.5 Å². The van der Waals surface area contributed by atoms with Gasteiger partial charge in [0.25, 0.3) is 11.6 Å². The molecule has 2 aromatic carbocycles. The predicted octanol–water partition coefficient (Wildman–Crippen LogP) is 1.90. The third kappa shape index (κ3) is 6.86. The van der Waals surface area contributed by atoms with Crippen molar-refractivity contribution in [2.45, 2.75) is 26.0 Å². The molecule has 14 heteroatoms. The highest BCUT2D eigenvalue weighted by Crippen LogP contribution is 2.27. The molecule has 200 valence electrons. The Hall–Kier alpha value is -4.43. The van der Waals surface area contributed by atoms with Crippen LogP contribution in [-0.2, 0) is 25.7 Å². The zero-order valence-electron chi connectivity index (χ0n) is 20.0. The first-order valence-corrected chi connectivity index (χ1v) is 11.7. The summed E-state index contributed by atoms with van der Waals surface area (Å²) < 4.78 is 5.27. The van der Waals surface area contributed by atoms with E-state index in [9.17, 15) is 39.5 Å². The molecule has 0 radical (unpaired) electrons. The highest BCUT2D eigenvalue weighted by atomic mass is 32.1. The normalized spacial score (nSPS) is 17.2. The molecule has 0 bridgehead atoms. The topological polar surface area (TPSA) is 188 Å². The summed E-state index contributed by atoms with van der Waals surface area (Å²) in [5.41, 5.74) is 2.77. The number of hydrogen-bond donors (Lipinski definition) is 4. The number of esters is 1. The van der Waals surface area contributed by atoms with Crippen LogP contribution in [0, 0.1) is 22.0 Å². The van der Waals surface area contributed by atoms with Gasteiger partial charge in [0.2, 0.25) is 5.91 Å². The Bertz CT molecular complexity index is 1270. The molecule has 3 unspecified atom stereocenters. The number of benzene rings is 2. The van der Waals surface area contributed by atoms with E-state index in [-0.39, 0.29) is 36.5 Å². The lowest BCUT2D eigenvalue weighted by atomic mass is 9.90. The van der Waals surface area contributed by atoms with Gasteiger partial charge in [0.15, 0.2) is 5.05 Å². The molecule has 3 rings (SSSR count). The summed E-state index contributed by atoms with van der Waals surface area (Å²) in [5, 5.41) is 33.4. The maximum absolute atomic E-state index is 13.3. The van der Waals surface area contributed by atoms with Crippen molar-refractivity contribution in [1.82, 2.24) is 10.7 Å². The van der Waals surface area contributed by atoms with Crippen LogP contribution >= 0.6 is 12.2 Å². The second-order valence-electron chi connectivity index (χ2n) is 8.50. The van der Waals surface area contributed by atoms with E-state index in [2.05, 4.69) is 10.7 Å². The van der Waals surface area contributed by atoms with Crippen molar-refractivity contribution < 1.29 is 39.1 Å². The monoisotopic (exact) mass is 544 g/mol. The molecular weight excluding hydrogens is 520 g/mol. The predicted molar refractivity (Wildman–Crippen MR) is 136 cm³/mol. The number of ether oxygens (including phenoxy) is 1. The molecule has 1 aliphatic rings. The fourth-order valence-corrected chi connectivity index (χ4v) is 4.29. The van der Waals surface area contributed by atoms with Gasteiger partial charge in [-0.3, -0.25) is 29.9 Å². The molecule has 0 spiro atoms. The minimum atomic E-state index is -1.24. The van der Waals surface area contributed by atoms with E-state index in [0.717, 1.165) is 5.01 Å². The number of carboxylic acid groups (broad SMARTS) is 1. The van der Waals surface area contributed by atoms with Crippen molar-refractivity contribution in [2.75, 3.05) is 11.6 Å². The molecule has 1 aliphatic heterocycles. The molecule has 38 heavy (non-hydrogen) atoms. The van der Waals surface area contributed by atoms with Gasteiger partial charge in [-0.25, -0.2) is 9.80 Å². The molecule has 1 saturated heterocycles. The lowest BCUT2D eigenvalue weighted by Gasteiger charge is -2.26. The van der Waals surface area contributed by atoms with Crippen LogP contribution in [0.4, 0.5) is 11.4 Å². The summed E-state index contributed by atoms with van der Waals surface area (Å²) >= 11 is 4.88. The minimum Gasteiger partial charge on any atom is -0.501 e. The van der Waals surface area contributed by atoms with E-state index in [1.165, 1.54) is 55.5 Å². The standard InChI is InChI=1S/C24H24N4O9S/c1-13(29)26-27(18-4-2-3-15(9-18)22(31)32)21(30)19-10-16(11-25-19)20(24(34)38)23(33)37-12-14-5-7-17(8-6-14)28(35)36/h2-9,16,19-20,25H,10-12H2,1H3,(H,26,29)(H,31,32)(H,34,38). The Morgan fingerprint density at radius 1 is 1.21 bits per heavy atom.